The Kier molecular flexibility index (Phi) is 6.19. The van der Waals surface area contributed by atoms with E-state index in [1.807, 2.05) is 41.8 Å². The lowest BCUT2D eigenvalue weighted by Gasteiger charge is -2.15. The van der Waals surface area contributed by atoms with Gasteiger partial charge in [-0.3, -0.25) is 9.78 Å². The predicted molar refractivity (Wildman–Crippen MR) is 108 cm³/mol. The van der Waals surface area contributed by atoms with E-state index in [1.165, 1.54) is 16.9 Å². The third kappa shape index (κ3) is 5.14. The first kappa shape index (κ1) is 19.0. The molecule has 2 heterocycles. The summed E-state index contributed by atoms with van der Waals surface area (Å²) >= 11 is 1.54. The zero-order valence-corrected chi connectivity index (χ0v) is 16.5. The number of benzene rings is 1. The minimum atomic E-state index is -0.577. The molecule has 1 atom stereocenters. The third-order valence-electron chi connectivity index (χ3n) is 4.13. The van der Waals surface area contributed by atoms with Gasteiger partial charge in [-0.15, -0.1) is 11.3 Å². The van der Waals surface area contributed by atoms with Crippen LogP contribution in [0.5, 0.6) is 5.75 Å². The lowest BCUT2D eigenvalue weighted by molar-refractivity contribution is -0.127. The van der Waals surface area contributed by atoms with E-state index in [2.05, 4.69) is 29.1 Å². The quantitative estimate of drug-likeness (QED) is 0.658. The van der Waals surface area contributed by atoms with Crippen LogP contribution in [0, 0.1) is 0 Å². The molecule has 1 N–H and O–H groups in total. The molecule has 0 saturated carbocycles. The Hall–Kier alpha value is -2.73. The summed E-state index contributed by atoms with van der Waals surface area (Å²) in [6, 6.07) is 11.7. The molecule has 1 unspecified atom stereocenters. The van der Waals surface area contributed by atoms with E-state index < -0.39 is 6.10 Å². The van der Waals surface area contributed by atoms with Gasteiger partial charge in [0.25, 0.3) is 5.91 Å². The van der Waals surface area contributed by atoms with Crippen molar-refractivity contribution in [1.29, 1.82) is 0 Å². The number of carbonyl (C=O) groups is 1. The molecule has 1 aromatic carbocycles. The number of hydrogen-bond donors (Lipinski definition) is 1. The summed E-state index contributed by atoms with van der Waals surface area (Å²) in [5.74, 6) is 0.989. The lowest BCUT2D eigenvalue weighted by Crippen LogP contribution is -2.35. The summed E-state index contributed by atoms with van der Waals surface area (Å²) in [7, 11) is 0. The van der Waals surface area contributed by atoms with E-state index >= 15 is 0 Å². The SMILES string of the molecule is CC(Oc1ccc(C(C)C)cc1)C(=O)NCc1csc(-c2cccnc2)n1. The predicted octanol–water partition coefficient (Wildman–Crippen LogP) is 4.41. The van der Waals surface area contributed by atoms with Crippen molar-refractivity contribution in [2.75, 3.05) is 0 Å². The zero-order valence-electron chi connectivity index (χ0n) is 15.7. The Bertz CT molecular complexity index is 876. The average molecular weight is 382 g/mol. The van der Waals surface area contributed by atoms with Gasteiger partial charge in [-0.05, 0) is 42.7 Å². The van der Waals surface area contributed by atoms with Gasteiger partial charge in [0.05, 0.1) is 12.2 Å². The fourth-order valence-electron chi connectivity index (χ4n) is 2.52. The van der Waals surface area contributed by atoms with Crippen LogP contribution < -0.4 is 10.1 Å². The Morgan fingerprint density at radius 2 is 1.96 bits per heavy atom. The number of thiazole rings is 1. The minimum Gasteiger partial charge on any atom is -0.481 e. The van der Waals surface area contributed by atoms with E-state index in [9.17, 15) is 4.79 Å². The lowest BCUT2D eigenvalue weighted by atomic mass is 10.0. The van der Waals surface area contributed by atoms with Crippen molar-refractivity contribution in [1.82, 2.24) is 15.3 Å². The molecule has 0 aliphatic rings. The number of hydrogen-bond acceptors (Lipinski definition) is 5. The number of rotatable bonds is 7. The summed E-state index contributed by atoms with van der Waals surface area (Å²) in [6.07, 6.45) is 2.93. The summed E-state index contributed by atoms with van der Waals surface area (Å²) in [5.41, 5.74) is 3.04. The Morgan fingerprint density at radius 1 is 1.19 bits per heavy atom. The normalized spacial score (nSPS) is 12.0. The molecular formula is C21H23N3O2S. The zero-order chi connectivity index (χ0) is 19.2. The van der Waals surface area contributed by atoms with Crippen LogP contribution in [0.1, 0.15) is 37.9 Å². The van der Waals surface area contributed by atoms with Gasteiger partial charge in [0, 0.05) is 23.3 Å². The van der Waals surface area contributed by atoms with Crippen LogP contribution in [-0.4, -0.2) is 22.0 Å². The van der Waals surface area contributed by atoms with Crippen LogP contribution in [-0.2, 0) is 11.3 Å². The molecule has 0 aliphatic heterocycles. The standard InChI is InChI=1S/C21H23N3O2S/c1-14(2)16-6-8-19(9-7-16)26-15(3)20(25)23-12-18-13-27-21(24-18)17-5-4-10-22-11-17/h4-11,13-15H,12H2,1-3H3,(H,23,25). The van der Waals surface area contributed by atoms with Gasteiger partial charge in [-0.1, -0.05) is 26.0 Å². The van der Waals surface area contributed by atoms with E-state index in [0.717, 1.165) is 16.3 Å². The van der Waals surface area contributed by atoms with Crippen molar-refractivity contribution < 1.29 is 9.53 Å². The highest BCUT2D eigenvalue weighted by Crippen LogP contribution is 2.22. The number of pyridine rings is 1. The average Bonchev–Trinajstić information content (AvgIpc) is 3.16. The maximum atomic E-state index is 12.3. The highest BCUT2D eigenvalue weighted by atomic mass is 32.1. The molecule has 27 heavy (non-hydrogen) atoms. The first-order valence-electron chi connectivity index (χ1n) is 8.92. The number of carbonyl (C=O) groups excluding carboxylic acids is 1. The van der Waals surface area contributed by atoms with Crippen molar-refractivity contribution in [3.05, 3.63) is 65.4 Å². The Labute approximate surface area is 163 Å². The van der Waals surface area contributed by atoms with Gasteiger partial charge < -0.3 is 10.1 Å². The van der Waals surface area contributed by atoms with E-state index in [0.29, 0.717) is 18.2 Å². The van der Waals surface area contributed by atoms with Gasteiger partial charge in [-0.2, -0.15) is 0 Å². The van der Waals surface area contributed by atoms with Crippen LogP contribution in [0.4, 0.5) is 0 Å². The highest BCUT2D eigenvalue weighted by Gasteiger charge is 2.15. The van der Waals surface area contributed by atoms with Crippen LogP contribution >= 0.6 is 11.3 Å². The molecule has 6 heteroatoms. The second-order valence-corrected chi connectivity index (χ2v) is 7.45. The number of ether oxygens (including phenoxy) is 1. The van der Waals surface area contributed by atoms with E-state index in [-0.39, 0.29) is 5.91 Å². The Morgan fingerprint density at radius 3 is 2.63 bits per heavy atom. The second kappa shape index (κ2) is 8.77. The van der Waals surface area contributed by atoms with Crippen molar-refractivity contribution in [2.24, 2.45) is 0 Å². The van der Waals surface area contributed by atoms with Crippen LogP contribution in [0.25, 0.3) is 10.6 Å². The smallest absolute Gasteiger partial charge is 0.261 e. The molecule has 1 amide bonds. The highest BCUT2D eigenvalue weighted by molar-refractivity contribution is 7.13. The molecule has 3 aromatic rings. The molecule has 0 spiro atoms. The molecule has 0 aliphatic carbocycles. The second-order valence-electron chi connectivity index (χ2n) is 6.59. The summed E-state index contributed by atoms with van der Waals surface area (Å²) in [5, 5.41) is 5.71. The number of amides is 1. The molecule has 0 saturated heterocycles. The topological polar surface area (TPSA) is 64.1 Å². The molecule has 3 rings (SSSR count). The fraction of sp³-hybridized carbons (Fsp3) is 0.286. The maximum absolute atomic E-state index is 12.3. The fourth-order valence-corrected chi connectivity index (χ4v) is 3.33. The van der Waals surface area contributed by atoms with Crippen molar-refractivity contribution in [3.63, 3.8) is 0 Å². The molecule has 0 bridgehead atoms. The first-order valence-corrected chi connectivity index (χ1v) is 9.80. The molecule has 2 aromatic heterocycles. The van der Waals surface area contributed by atoms with Gasteiger partial charge >= 0.3 is 0 Å². The van der Waals surface area contributed by atoms with Gasteiger partial charge in [0.1, 0.15) is 10.8 Å². The number of nitrogens with zero attached hydrogens (tertiary/aromatic N) is 2. The van der Waals surface area contributed by atoms with Gasteiger partial charge in [-0.25, -0.2) is 4.98 Å². The monoisotopic (exact) mass is 381 g/mol. The molecular weight excluding hydrogens is 358 g/mol. The molecule has 140 valence electrons. The van der Waals surface area contributed by atoms with E-state index in [4.69, 9.17) is 4.74 Å². The van der Waals surface area contributed by atoms with Crippen molar-refractivity contribution in [2.45, 2.75) is 39.3 Å². The summed E-state index contributed by atoms with van der Waals surface area (Å²) < 4.78 is 5.74. The first-order chi connectivity index (χ1) is 13.0. The number of aromatic nitrogens is 2. The van der Waals surface area contributed by atoms with Gasteiger partial charge in [0.2, 0.25) is 0 Å². The minimum absolute atomic E-state index is 0.168. The van der Waals surface area contributed by atoms with Crippen molar-refractivity contribution in [3.8, 4) is 16.3 Å². The van der Waals surface area contributed by atoms with Gasteiger partial charge in [0.15, 0.2) is 6.10 Å². The van der Waals surface area contributed by atoms with Crippen molar-refractivity contribution >= 4 is 17.2 Å². The Balaban J connectivity index is 1.52. The number of nitrogens with one attached hydrogen (secondary N) is 1. The van der Waals surface area contributed by atoms with E-state index in [1.54, 1.807) is 19.3 Å². The van der Waals surface area contributed by atoms with Crippen LogP contribution in [0.2, 0.25) is 0 Å². The van der Waals surface area contributed by atoms with Crippen LogP contribution in [0.15, 0.2) is 54.2 Å². The molecule has 0 radical (unpaired) electrons. The molecule has 5 nitrogen and oxygen atoms in total. The largest absolute Gasteiger partial charge is 0.481 e. The van der Waals surface area contributed by atoms with Crippen LogP contribution in [0.3, 0.4) is 0 Å². The maximum Gasteiger partial charge on any atom is 0.261 e. The third-order valence-corrected chi connectivity index (χ3v) is 5.07. The summed E-state index contributed by atoms with van der Waals surface area (Å²) in [4.78, 5) is 21.0. The molecule has 0 fully saturated rings. The summed E-state index contributed by atoms with van der Waals surface area (Å²) in [6.45, 7) is 6.40.